The van der Waals surface area contributed by atoms with Crippen LogP contribution in [0.3, 0.4) is 0 Å². The summed E-state index contributed by atoms with van der Waals surface area (Å²) in [7, 11) is 1.60. The number of methoxy groups -OCH3 is 1. The molecule has 0 amide bonds. The molecule has 2 aromatic rings. The largest absolute Gasteiger partial charge is 0.497 e. The first-order valence-corrected chi connectivity index (χ1v) is 6.67. The molecule has 2 rings (SSSR count). The van der Waals surface area contributed by atoms with Crippen LogP contribution >= 0.6 is 23.2 Å². The Balaban J connectivity index is 2.17. The molecule has 0 aromatic heterocycles. The highest BCUT2D eigenvalue weighted by Gasteiger charge is 2.05. The van der Waals surface area contributed by atoms with Crippen molar-refractivity contribution in [3.05, 3.63) is 69.7 Å². The summed E-state index contributed by atoms with van der Waals surface area (Å²) in [6.45, 7) is 0. The molecule has 0 aliphatic rings. The van der Waals surface area contributed by atoms with E-state index in [-0.39, 0.29) is 5.78 Å². The number of ether oxygens (including phenoxy) is 1. The second-order valence-electron chi connectivity index (χ2n) is 4.10. The van der Waals surface area contributed by atoms with Crippen molar-refractivity contribution in [2.45, 2.75) is 0 Å². The van der Waals surface area contributed by atoms with Crippen molar-refractivity contribution < 1.29 is 9.53 Å². The van der Waals surface area contributed by atoms with Crippen LogP contribution in [0.2, 0.25) is 10.0 Å². The van der Waals surface area contributed by atoms with Gasteiger partial charge in [-0.25, -0.2) is 0 Å². The van der Waals surface area contributed by atoms with Crippen molar-refractivity contribution in [2.75, 3.05) is 7.11 Å². The van der Waals surface area contributed by atoms with Crippen molar-refractivity contribution in [2.24, 2.45) is 0 Å². The van der Waals surface area contributed by atoms with E-state index >= 15 is 0 Å². The maximum absolute atomic E-state index is 12.0. The van der Waals surface area contributed by atoms with Gasteiger partial charge in [0.1, 0.15) is 5.75 Å². The lowest BCUT2D eigenvalue weighted by Gasteiger charge is -2.01. The van der Waals surface area contributed by atoms with Crippen LogP contribution in [0.25, 0.3) is 6.08 Å². The molecule has 0 heterocycles. The summed E-state index contributed by atoms with van der Waals surface area (Å²) < 4.78 is 5.12. The Morgan fingerprint density at radius 1 is 1.10 bits per heavy atom. The quantitative estimate of drug-likeness (QED) is 0.593. The van der Waals surface area contributed by atoms with Crippen LogP contribution in [0.5, 0.6) is 5.75 Å². The van der Waals surface area contributed by atoms with Crippen molar-refractivity contribution >= 4 is 35.1 Å². The molecule has 2 nitrogen and oxygen atoms in total. The van der Waals surface area contributed by atoms with Gasteiger partial charge in [0, 0.05) is 5.56 Å². The van der Waals surface area contributed by atoms with Crippen LogP contribution in [0.4, 0.5) is 0 Å². The van der Waals surface area contributed by atoms with E-state index in [2.05, 4.69) is 0 Å². The van der Waals surface area contributed by atoms with Gasteiger partial charge in [-0.1, -0.05) is 41.4 Å². The molecule has 0 bridgehead atoms. The van der Waals surface area contributed by atoms with Gasteiger partial charge < -0.3 is 4.74 Å². The van der Waals surface area contributed by atoms with Gasteiger partial charge in [-0.3, -0.25) is 4.79 Å². The Morgan fingerprint density at radius 3 is 2.60 bits per heavy atom. The molecular formula is C16H12Cl2O2. The number of carbonyl (C=O) groups is 1. The Hall–Kier alpha value is -1.77. The molecule has 102 valence electrons. The molecule has 4 heteroatoms. The normalized spacial score (nSPS) is 10.8. The third-order valence-corrected chi connectivity index (χ3v) is 3.46. The van der Waals surface area contributed by atoms with Crippen LogP contribution in [0.15, 0.2) is 48.5 Å². The Kier molecular flexibility index (Phi) is 4.83. The zero-order valence-electron chi connectivity index (χ0n) is 10.8. The first-order valence-electron chi connectivity index (χ1n) is 5.91. The molecule has 0 fully saturated rings. The molecule has 0 aliphatic carbocycles. The number of allylic oxidation sites excluding steroid dienone is 1. The summed E-state index contributed by atoms with van der Waals surface area (Å²) in [5, 5.41) is 0.798. The van der Waals surface area contributed by atoms with Crippen LogP contribution in [0, 0.1) is 0 Å². The standard InChI is InChI=1S/C16H12Cl2O2/c1-20-13-4-2-3-11(9-13)5-8-16(19)12-6-7-14(17)15(18)10-12/h2-10H,1H3/b8-5+. The van der Waals surface area contributed by atoms with Gasteiger partial charge in [-0.15, -0.1) is 0 Å². The molecular weight excluding hydrogens is 295 g/mol. The fourth-order valence-corrected chi connectivity index (χ4v) is 1.96. The average Bonchev–Trinajstić information content (AvgIpc) is 2.47. The topological polar surface area (TPSA) is 26.3 Å². The first-order chi connectivity index (χ1) is 9.60. The number of halogens is 2. The Bertz CT molecular complexity index is 663. The van der Waals surface area contributed by atoms with E-state index in [0.29, 0.717) is 15.6 Å². The third kappa shape index (κ3) is 3.62. The van der Waals surface area contributed by atoms with Crippen LogP contribution in [-0.2, 0) is 0 Å². The number of carbonyl (C=O) groups excluding carboxylic acids is 1. The van der Waals surface area contributed by atoms with Gasteiger partial charge in [0.2, 0.25) is 0 Å². The molecule has 0 saturated carbocycles. The lowest BCUT2D eigenvalue weighted by Crippen LogP contribution is -1.93. The molecule has 0 aliphatic heterocycles. The minimum absolute atomic E-state index is 0.133. The van der Waals surface area contributed by atoms with Crippen LogP contribution < -0.4 is 4.74 Å². The predicted octanol–water partition coefficient (Wildman–Crippen LogP) is 4.90. The maximum Gasteiger partial charge on any atom is 0.185 e. The van der Waals surface area contributed by atoms with Crippen molar-refractivity contribution in [1.82, 2.24) is 0 Å². The van der Waals surface area contributed by atoms with E-state index in [1.54, 1.807) is 31.4 Å². The fraction of sp³-hybridized carbons (Fsp3) is 0.0625. The SMILES string of the molecule is COc1cccc(/C=C/C(=O)c2ccc(Cl)c(Cl)c2)c1. The van der Waals surface area contributed by atoms with E-state index < -0.39 is 0 Å². The monoisotopic (exact) mass is 306 g/mol. The lowest BCUT2D eigenvalue weighted by atomic mass is 10.1. The first kappa shape index (κ1) is 14.6. The molecule has 0 unspecified atom stereocenters. The van der Waals surface area contributed by atoms with E-state index in [9.17, 15) is 4.79 Å². The summed E-state index contributed by atoms with van der Waals surface area (Å²) in [6.07, 6.45) is 3.22. The van der Waals surface area contributed by atoms with E-state index in [0.717, 1.165) is 11.3 Å². The van der Waals surface area contributed by atoms with Crippen LogP contribution in [0.1, 0.15) is 15.9 Å². The van der Waals surface area contributed by atoms with Gasteiger partial charge in [0.15, 0.2) is 5.78 Å². The number of ketones is 1. The highest BCUT2D eigenvalue weighted by molar-refractivity contribution is 6.42. The molecule has 0 spiro atoms. The van der Waals surface area contributed by atoms with Gasteiger partial charge in [0.25, 0.3) is 0 Å². The third-order valence-electron chi connectivity index (χ3n) is 2.73. The summed E-state index contributed by atoms with van der Waals surface area (Å²) in [4.78, 5) is 12.0. The van der Waals surface area contributed by atoms with E-state index in [4.69, 9.17) is 27.9 Å². The van der Waals surface area contributed by atoms with Crippen LogP contribution in [-0.4, -0.2) is 12.9 Å². The average molecular weight is 307 g/mol. The van der Waals surface area contributed by atoms with Gasteiger partial charge >= 0.3 is 0 Å². The predicted molar refractivity (Wildman–Crippen MR) is 82.8 cm³/mol. The maximum atomic E-state index is 12.0. The highest BCUT2D eigenvalue weighted by Crippen LogP contribution is 2.23. The Morgan fingerprint density at radius 2 is 1.90 bits per heavy atom. The number of rotatable bonds is 4. The second-order valence-corrected chi connectivity index (χ2v) is 4.92. The molecule has 0 saturated heterocycles. The minimum atomic E-state index is -0.133. The smallest absolute Gasteiger partial charge is 0.185 e. The molecule has 20 heavy (non-hydrogen) atoms. The summed E-state index contributed by atoms with van der Waals surface area (Å²) in [5.41, 5.74) is 1.39. The number of hydrogen-bond donors (Lipinski definition) is 0. The molecule has 0 atom stereocenters. The van der Waals surface area contributed by atoms with Gasteiger partial charge in [-0.2, -0.15) is 0 Å². The van der Waals surface area contributed by atoms with Gasteiger partial charge in [-0.05, 0) is 42.0 Å². The van der Waals surface area contributed by atoms with E-state index in [1.807, 2.05) is 24.3 Å². The Labute approximate surface area is 127 Å². The highest BCUT2D eigenvalue weighted by atomic mass is 35.5. The van der Waals surface area contributed by atoms with Gasteiger partial charge in [0.05, 0.1) is 17.2 Å². The van der Waals surface area contributed by atoms with E-state index in [1.165, 1.54) is 6.08 Å². The van der Waals surface area contributed by atoms with Crippen molar-refractivity contribution in [3.63, 3.8) is 0 Å². The zero-order chi connectivity index (χ0) is 14.5. The second kappa shape index (κ2) is 6.60. The molecule has 0 N–H and O–H groups in total. The number of benzene rings is 2. The summed E-state index contributed by atoms with van der Waals surface area (Å²) in [5.74, 6) is 0.612. The zero-order valence-corrected chi connectivity index (χ0v) is 12.3. The van der Waals surface area contributed by atoms with Crippen molar-refractivity contribution in [1.29, 1.82) is 0 Å². The minimum Gasteiger partial charge on any atom is -0.497 e. The fourth-order valence-electron chi connectivity index (χ4n) is 1.66. The lowest BCUT2D eigenvalue weighted by molar-refractivity contribution is 0.104. The molecule has 0 radical (unpaired) electrons. The summed E-state index contributed by atoms with van der Waals surface area (Å²) in [6, 6.07) is 12.3. The number of hydrogen-bond acceptors (Lipinski definition) is 2. The molecule has 2 aromatic carbocycles. The van der Waals surface area contributed by atoms with Crippen molar-refractivity contribution in [3.8, 4) is 5.75 Å². The summed E-state index contributed by atoms with van der Waals surface area (Å²) >= 11 is 11.7.